The Hall–Kier alpha value is -0.810. The van der Waals surface area contributed by atoms with Gasteiger partial charge in [-0.15, -0.1) is 0 Å². The van der Waals surface area contributed by atoms with E-state index in [1.165, 1.54) is 6.42 Å². The average Bonchev–Trinajstić information content (AvgIpc) is 2.46. The molecule has 0 aromatic rings. The van der Waals surface area contributed by atoms with Gasteiger partial charge in [0.2, 0.25) is 0 Å². The predicted molar refractivity (Wildman–Crippen MR) is 91.6 cm³/mol. The third kappa shape index (κ3) is 6.30. The van der Waals surface area contributed by atoms with Gasteiger partial charge < -0.3 is 19.7 Å². The Balaban J connectivity index is 1.72. The summed E-state index contributed by atoms with van der Waals surface area (Å²) in [6.45, 7) is 12.5. The van der Waals surface area contributed by atoms with Crippen LogP contribution >= 0.6 is 0 Å². The van der Waals surface area contributed by atoms with Gasteiger partial charge in [-0.05, 0) is 78.8 Å². The number of likely N-dealkylation sites (tertiary alicyclic amines) is 1. The fourth-order valence-electron chi connectivity index (χ4n) is 3.36. The van der Waals surface area contributed by atoms with Crippen molar-refractivity contribution in [3.05, 3.63) is 0 Å². The van der Waals surface area contributed by atoms with Gasteiger partial charge in [-0.1, -0.05) is 0 Å². The zero-order chi connectivity index (χ0) is 16.9. The molecule has 2 rings (SSSR count). The Labute approximate surface area is 141 Å². The number of carbonyl (C=O) groups is 1. The number of ether oxygens (including phenoxy) is 2. The SMILES string of the molecule is CC(C)(C)OC(=O)N1CCCC(CCOC2(C)CCNCC2)C1. The lowest BCUT2D eigenvalue weighted by Gasteiger charge is -2.36. The highest BCUT2D eigenvalue weighted by Gasteiger charge is 2.30. The fourth-order valence-corrected chi connectivity index (χ4v) is 3.36. The lowest BCUT2D eigenvalue weighted by Crippen LogP contribution is -2.44. The van der Waals surface area contributed by atoms with Crippen molar-refractivity contribution in [1.82, 2.24) is 10.2 Å². The molecule has 1 unspecified atom stereocenters. The van der Waals surface area contributed by atoms with Crippen molar-refractivity contribution >= 4 is 6.09 Å². The average molecular weight is 326 g/mol. The fraction of sp³-hybridized carbons (Fsp3) is 0.944. The van der Waals surface area contributed by atoms with Gasteiger partial charge in [0.1, 0.15) is 5.60 Å². The molecule has 0 bridgehead atoms. The van der Waals surface area contributed by atoms with Crippen LogP contribution in [0.5, 0.6) is 0 Å². The molecule has 5 nitrogen and oxygen atoms in total. The minimum absolute atomic E-state index is 0.0325. The van der Waals surface area contributed by atoms with E-state index in [2.05, 4.69) is 12.2 Å². The van der Waals surface area contributed by atoms with Crippen LogP contribution < -0.4 is 5.32 Å². The molecule has 2 heterocycles. The molecule has 1 N–H and O–H groups in total. The Bertz CT molecular complexity index is 386. The summed E-state index contributed by atoms with van der Waals surface area (Å²) in [5, 5.41) is 3.38. The second-order valence-corrected chi connectivity index (χ2v) is 8.27. The van der Waals surface area contributed by atoms with Crippen LogP contribution in [0.3, 0.4) is 0 Å². The van der Waals surface area contributed by atoms with E-state index in [1.54, 1.807) is 0 Å². The maximum Gasteiger partial charge on any atom is 0.410 e. The van der Waals surface area contributed by atoms with Gasteiger partial charge in [0.25, 0.3) is 0 Å². The van der Waals surface area contributed by atoms with E-state index in [4.69, 9.17) is 9.47 Å². The summed E-state index contributed by atoms with van der Waals surface area (Å²) in [7, 11) is 0. The van der Waals surface area contributed by atoms with Crippen molar-refractivity contribution in [2.45, 2.75) is 71.0 Å². The molecule has 2 fully saturated rings. The molecular formula is C18H34N2O3. The third-order valence-electron chi connectivity index (χ3n) is 4.81. The zero-order valence-electron chi connectivity index (χ0n) is 15.3. The van der Waals surface area contributed by atoms with Crippen LogP contribution in [-0.4, -0.2) is 55.0 Å². The Morgan fingerprint density at radius 3 is 2.65 bits per heavy atom. The zero-order valence-corrected chi connectivity index (χ0v) is 15.3. The van der Waals surface area contributed by atoms with Crippen molar-refractivity contribution in [3.8, 4) is 0 Å². The topological polar surface area (TPSA) is 50.8 Å². The van der Waals surface area contributed by atoms with Crippen LogP contribution in [0.25, 0.3) is 0 Å². The third-order valence-corrected chi connectivity index (χ3v) is 4.81. The van der Waals surface area contributed by atoms with Crippen molar-refractivity contribution in [2.24, 2.45) is 5.92 Å². The molecular weight excluding hydrogens is 292 g/mol. The van der Waals surface area contributed by atoms with Gasteiger partial charge >= 0.3 is 6.09 Å². The van der Waals surface area contributed by atoms with Gasteiger partial charge in [-0.3, -0.25) is 0 Å². The number of carbonyl (C=O) groups excluding carboxylic acids is 1. The predicted octanol–water partition coefficient (Wildman–Crippen LogP) is 3.18. The quantitative estimate of drug-likeness (QED) is 0.862. The molecule has 1 amide bonds. The van der Waals surface area contributed by atoms with E-state index >= 15 is 0 Å². The van der Waals surface area contributed by atoms with Crippen molar-refractivity contribution in [1.29, 1.82) is 0 Å². The van der Waals surface area contributed by atoms with Crippen molar-refractivity contribution < 1.29 is 14.3 Å². The first kappa shape index (κ1) is 18.5. The highest BCUT2D eigenvalue weighted by atomic mass is 16.6. The molecule has 0 radical (unpaired) electrons. The molecule has 0 aliphatic carbocycles. The number of nitrogens with one attached hydrogen (secondary N) is 1. The smallest absolute Gasteiger partial charge is 0.410 e. The van der Waals surface area contributed by atoms with Gasteiger partial charge in [0.05, 0.1) is 5.60 Å². The Morgan fingerprint density at radius 1 is 1.30 bits per heavy atom. The van der Waals surface area contributed by atoms with E-state index in [0.717, 1.165) is 58.5 Å². The standard InChI is InChI=1S/C18H34N2O3/c1-17(2,3)23-16(21)20-12-5-6-15(14-20)7-13-22-18(4)8-10-19-11-9-18/h15,19H,5-14H2,1-4H3. The number of hydrogen-bond donors (Lipinski definition) is 1. The highest BCUT2D eigenvalue weighted by Crippen LogP contribution is 2.25. The van der Waals surface area contributed by atoms with Crippen LogP contribution in [0.2, 0.25) is 0 Å². The normalized spacial score (nSPS) is 25.2. The number of hydrogen-bond acceptors (Lipinski definition) is 4. The first-order valence-corrected chi connectivity index (χ1v) is 9.10. The van der Waals surface area contributed by atoms with Crippen molar-refractivity contribution in [2.75, 3.05) is 32.8 Å². The molecule has 0 aromatic carbocycles. The molecule has 2 aliphatic rings. The lowest BCUT2D eigenvalue weighted by atomic mass is 9.93. The Kier molecular flexibility index (Phi) is 6.32. The summed E-state index contributed by atoms with van der Waals surface area (Å²) < 4.78 is 11.7. The van der Waals surface area contributed by atoms with E-state index < -0.39 is 5.60 Å². The van der Waals surface area contributed by atoms with Crippen LogP contribution in [0, 0.1) is 5.92 Å². The molecule has 5 heteroatoms. The second kappa shape index (κ2) is 7.84. The molecule has 134 valence electrons. The van der Waals surface area contributed by atoms with E-state index in [1.807, 2.05) is 25.7 Å². The first-order valence-electron chi connectivity index (χ1n) is 9.10. The summed E-state index contributed by atoms with van der Waals surface area (Å²) in [4.78, 5) is 14.1. The number of piperidine rings is 2. The maximum absolute atomic E-state index is 12.2. The molecule has 1 atom stereocenters. The molecule has 2 aliphatic heterocycles. The van der Waals surface area contributed by atoms with Gasteiger partial charge in [-0.2, -0.15) is 0 Å². The maximum atomic E-state index is 12.2. The molecule has 0 spiro atoms. The second-order valence-electron chi connectivity index (χ2n) is 8.27. The Morgan fingerprint density at radius 2 is 2.00 bits per heavy atom. The van der Waals surface area contributed by atoms with Crippen LogP contribution in [0.1, 0.15) is 59.8 Å². The van der Waals surface area contributed by atoms with Gasteiger partial charge in [0, 0.05) is 19.7 Å². The summed E-state index contributed by atoms with van der Waals surface area (Å²) in [6.07, 6.45) is 5.27. The summed E-state index contributed by atoms with van der Waals surface area (Å²) in [6, 6.07) is 0. The molecule has 23 heavy (non-hydrogen) atoms. The van der Waals surface area contributed by atoms with E-state index in [9.17, 15) is 4.79 Å². The first-order chi connectivity index (χ1) is 10.8. The summed E-state index contributed by atoms with van der Waals surface area (Å²) in [5.41, 5.74) is -0.387. The van der Waals surface area contributed by atoms with Crippen LogP contribution in [0.15, 0.2) is 0 Å². The molecule has 0 saturated carbocycles. The molecule has 2 saturated heterocycles. The highest BCUT2D eigenvalue weighted by molar-refractivity contribution is 5.68. The monoisotopic (exact) mass is 326 g/mol. The summed E-state index contributed by atoms with van der Waals surface area (Å²) >= 11 is 0. The summed E-state index contributed by atoms with van der Waals surface area (Å²) in [5.74, 6) is 0.529. The van der Waals surface area contributed by atoms with Crippen LogP contribution in [0.4, 0.5) is 4.79 Å². The van der Waals surface area contributed by atoms with Gasteiger partial charge in [0.15, 0.2) is 0 Å². The van der Waals surface area contributed by atoms with E-state index in [-0.39, 0.29) is 11.7 Å². The minimum atomic E-state index is -0.420. The number of rotatable bonds is 4. The van der Waals surface area contributed by atoms with Crippen LogP contribution in [-0.2, 0) is 9.47 Å². The number of amides is 1. The van der Waals surface area contributed by atoms with E-state index in [0.29, 0.717) is 5.92 Å². The lowest BCUT2D eigenvalue weighted by molar-refractivity contribution is -0.0587. The molecule has 0 aromatic heterocycles. The van der Waals surface area contributed by atoms with Gasteiger partial charge in [-0.25, -0.2) is 4.79 Å². The number of nitrogens with zero attached hydrogens (tertiary/aromatic N) is 1. The van der Waals surface area contributed by atoms with Crippen molar-refractivity contribution in [3.63, 3.8) is 0 Å². The minimum Gasteiger partial charge on any atom is -0.444 e. The largest absolute Gasteiger partial charge is 0.444 e.